The van der Waals surface area contributed by atoms with E-state index in [1.165, 1.54) is 0 Å². The number of nitrogens with one attached hydrogen (secondary N) is 2. The van der Waals surface area contributed by atoms with Crippen LogP contribution in [0.4, 0.5) is 5.69 Å². The van der Waals surface area contributed by atoms with Crippen LogP contribution in [0.3, 0.4) is 0 Å². The highest BCUT2D eigenvalue weighted by Crippen LogP contribution is 2.22. The lowest BCUT2D eigenvalue weighted by Gasteiger charge is -2.25. The molecule has 0 spiro atoms. The number of hydrogen-bond donors (Lipinski definition) is 2. The number of carbonyl (C=O) groups excluding carboxylic acids is 1. The van der Waals surface area contributed by atoms with Crippen LogP contribution in [0.25, 0.3) is 0 Å². The summed E-state index contributed by atoms with van der Waals surface area (Å²) in [6.45, 7) is 3.42. The summed E-state index contributed by atoms with van der Waals surface area (Å²) in [6.07, 6.45) is 0.927. The Labute approximate surface area is 118 Å². The van der Waals surface area contributed by atoms with Gasteiger partial charge in [-0.1, -0.05) is 6.07 Å². The predicted molar refractivity (Wildman–Crippen MR) is 77.8 cm³/mol. The second kappa shape index (κ2) is 5.00. The zero-order valence-electron chi connectivity index (χ0n) is 11.7. The molecule has 0 saturated heterocycles. The van der Waals surface area contributed by atoms with Crippen LogP contribution in [0.2, 0.25) is 0 Å². The van der Waals surface area contributed by atoms with E-state index in [9.17, 15) is 4.79 Å². The molecule has 1 aromatic carbocycles. The largest absolute Gasteiger partial charge is 0.379 e. The molecule has 0 aliphatic carbocycles. The fourth-order valence-corrected chi connectivity index (χ4v) is 2.46. The first-order valence-electron chi connectivity index (χ1n) is 6.76. The van der Waals surface area contributed by atoms with Crippen molar-refractivity contribution in [2.24, 2.45) is 0 Å². The molecule has 0 saturated carbocycles. The normalized spacial score (nSPS) is 14.3. The maximum atomic E-state index is 12.1. The van der Waals surface area contributed by atoms with Gasteiger partial charge in [0.25, 0.3) is 5.91 Å². The lowest BCUT2D eigenvalue weighted by Crippen LogP contribution is -2.34. The number of fused-ring (bicyclic) bond motifs is 1. The summed E-state index contributed by atoms with van der Waals surface area (Å²) in [5.41, 5.74) is 4.90. The van der Waals surface area contributed by atoms with E-state index in [1.807, 2.05) is 38.2 Å². The van der Waals surface area contributed by atoms with Gasteiger partial charge in [0, 0.05) is 30.5 Å². The molecule has 0 radical (unpaired) electrons. The van der Waals surface area contributed by atoms with Gasteiger partial charge in [-0.25, -0.2) is 0 Å². The molecule has 3 rings (SSSR count). The lowest BCUT2D eigenvalue weighted by molar-refractivity contribution is 0.0781. The molecule has 20 heavy (non-hydrogen) atoms. The number of benzene rings is 1. The molecule has 0 atom stereocenters. The van der Waals surface area contributed by atoms with Crippen LogP contribution < -0.4 is 5.32 Å². The Morgan fingerprint density at radius 3 is 3.00 bits per heavy atom. The summed E-state index contributed by atoms with van der Waals surface area (Å²) in [5.74, 6) is 0.102. The summed E-state index contributed by atoms with van der Waals surface area (Å²) < 4.78 is 0. The third-order valence-corrected chi connectivity index (χ3v) is 3.64. The van der Waals surface area contributed by atoms with E-state index in [4.69, 9.17) is 0 Å². The summed E-state index contributed by atoms with van der Waals surface area (Å²) in [5, 5.41) is 10.4. The van der Waals surface area contributed by atoms with E-state index in [2.05, 4.69) is 15.5 Å². The lowest BCUT2D eigenvalue weighted by atomic mass is 9.99. The number of nitrogens with zero attached hydrogens (tertiary/aromatic N) is 2. The van der Waals surface area contributed by atoms with Crippen molar-refractivity contribution in [1.29, 1.82) is 0 Å². The van der Waals surface area contributed by atoms with Crippen LogP contribution in [-0.4, -0.2) is 34.6 Å². The third-order valence-electron chi connectivity index (χ3n) is 3.64. The highest BCUT2D eigenvalue weighted by atomic mass is 16.2. The molecule has 0 fully saturated rings. The molecule has 0 unspecified atom stereocenters. The average molecular weight is 270 g/mol. The number of aryl methyl sites for hydroxylation is 1. The number of aromatic nitrogens is 2. The molecule has 1 amide bonds. The molecule has 104 valence electrons. The minimum atomic E-state index is 0.102. The number of amides is 1. The topological polar surface area (TPSA) is 61.0 Å². The second-order valence-electron chi connectivity index (χ2n) is 5.24. The molecular weight excluding hydrogens is 252 g/mol. The summed E-state index contributed by atoms with van der Waals surface area (Å²) >= 11 is 0. The molecule has 1 aliphatic heterocycles. The van der Waals surface area contributed by atoms with Gasteiger partial charge in [-0.2, -0.15) is 5.10 Å². The first kappa shape index (κ1) is 12.7. The minimum absolute atomic E-state index is 0.102. The van der Waals surface area contributed by atoms with Crippen LogP contribution in [-0.2, 0) is 13.0 Å². The van der Waals surface area contributed by atoms with Gasteiger partial charge in [-0.15, -0.1) is 0 Å². The van der Waals surface area contributed by atoms with Crippen molar-refractivity contribution in [1.82, 2.24) is 15.1 Å². The Morgan fingerprint density at radius 1 is 1.40 bits per heavy atom. The zero-order chi connectivity index (χ0) is 14.1. The van der Waals surface area contributed by atoms with Gasteiger partial charge in [0.2, 0.25) is 0 Å². The molecule has 0 bridgehead atoms. The van der Waals surface area contributed by atoms with E-state index >= 15 is 0 Å². The number of carbonyl (C=O) groups is 1. The molecule has 1 aliphatic rings. The Kier molecular flexibility index (Phi) is 3.18. The summed E-state index contributed by atoms with van der Waals surface area (Å²) in [6, 6.07) is 8.01. The Morgan fingerprint density at radius 2 is 2.25 bits per heavy atom. The third kappa shape index (κ3) is 2.39. The van der Waals surface area contributed by atoms with E-state index in [0.29, 0.717) is 6.54 Å². The van der Waals surface area contributed by atoms with Gasteiger partial charge in [0.1, 0.15) is 0 Å². The Bertz CT molecular complexity index is 647. The van der Waals surface area contributed by atoms with Crippen LogP contribution >= 0.6 is 0 Å². The fourth-order valence-electron chi connectivity index (χ4n) is 2.46. The summed E-state index contributed by atoms with van der Waals surface area (Å²) in [7, 11) is 1.85. The van der Waals surface area contributed by atoms with Crippen molar-refractivity contribution >= 4 is 11.6 Å². The number of H-pyrrole nitrogens is 1. The van der Waals surface area contributed by atoms with Crippen molar-refractivity contribution in [3.8, 4) is 0 Å². The monoisotopic (exact) mass is 270 g/mol. The van der Waals surface area contributed by atoms with Gasteiger partial charge in [0.05, 0.1) is 12.2 Å². The SMILES string of the molecule is Cc1cc(CNc2ccc3c(c2)C(=O)N(C)CC3)n[nH]1. The predicted octanol–water partition coefficient (Wildman–Crippen LogP) is 1.96. The van der Waals surface area contributed by atoms with Crippen LogP contribution in [0.15, 0.2) is 24.3 Å². The zero-order valence-corrected chi connectivity index (χ0v) is 11.7. The van der Waals surface area contributed by atoms with Crippen LogP contribution in [0.1, 0.15) is 27.3 Å². The Balaban J connectivity index is 1.76. The van der Waals surface area contributed by atoms with E-state index in [0.717, 1.165) is 41.2 Å². The highest BCUT2D eigenvalue weighted by molar-refractivity contribution is 5.97. The van der Waals surface area contributed by atoms with Crippen molar-refractivity contribution in [2.75, 3.05) is 18.9 Å². The van der Waals surface area contributed by atoms with E-state index in [-0.39, 0.29) is 5.91 Å². The average Bonchev–Trinajstić information content (AvgIpc) is 2.87. The van der Waals surface area contributed by atoms with Gasteiger partial charge in [0.15, 0.2) is 0 Å². The standard InChI is InChI=1S/C15H18N4O/c1-10-7-13(18-17-10)9-16-12-4-3-11-5-6-19(2)15(20)14(11)8-12/h3-4,7-8,16H,5-6,9H2,1-2H3,(H,17,18). The number of aromatic amines is 1. The highest BCUT2D eigenvalue weighted by Gasteiger charge is 2.21. The first-order chi connectivity index (χ1) is 9.63. The van der Waals surface area contributed by atoms with Gasteiger partial charge in [-0.3, -0.25) is 9.89 Å². The molecule has 2 heterocycles. The summed E-state index contributed by atoms with van der Waals surface area (Å²) in [4.78, 5) is 13.9. The van der Waals surface area contributed by atoms with Gasteiger partial charge in [-0.05, 0) is 37.1 Å². The second-order valence-corrected chi connectivity index (χ2v) is 5.24. The first-order valence-corrected chi connectivity index (χ1v) is 6.76. The van der Waals surface area contributed by atoms with Crippen LogP contribution in [0, 0.1) is 6.92 Å². The van der Waals surface area contributed by atoms with Crippen molar-refractivity contribution in [3.05, 3.63) is 46.8 Å². The fraction of sp³-hybridized carbons (Fsp3) is 0.333. The Hall–Kier alpha value is -2.30. The maximum Gasteiger partial charge on any atom is 0.253 e. The quantitative estimate of drug-likeness (QED) is 0.896. The molecule has 1 aromatic heterocycles. The molecule has 5 heteroatoms. The number of hydrogen-bond acceptors (Lipinski definition) is 3. The van der Waals surface area contributed by atoms with Gasteiger partial charge >= 0.3 is 0 Å². The van der Waals surface area contributed by atoms with Gasteiger partial charge < -0.3 is 10.2 Å². The van der Waals surface area contributed by atoms with Crippen molar-refractivity contribution in [3.63, 3.8) is 0 Å². The number of rotatable bonds is 3. The molecule has 2 aromatic rings. The molecule has 5 nitrogen and oxygen atoms in total. The molecule has 2 N–H and O–H groups in total. The van der Waals surface area contributed by atoms with E-state index in [1.54, 1.807) is 4.90 Å². The van der Waals surface area contributed by atoms with Crippen molar-refractivity contribution in [2.45, 2.75) is 19.9 Å². The van der Waals surface area contributed by atoms with Crippen LogP contribution in [0.5, 0.6) is 0 Å². The molecular formula is C15H18N4O. The maximum absolute atomic E-state index is 12.1. The minimum Gasteiger partial charge on any atom is -0.379 e. The smallest absolute Gasteiger partial charge is 0.253 e. The van der Waals surface area contributed by atoms with E-state index < -0.39 is 0 Å². The van der Waals surface area contributed by atoms with Crippen molar-refractivity contribution < 1.29 is 4.79 Å². The number of likely N-dealkylation sites (N-methyl/N-ethyl adjacent to an activating group) is 1. The number of anilines is 1.